The second-order valence-electron chi connectivity index (χ2n) is 8.69. The first kappa shape index (κ1) is 24.2. The average Bonchev–Trinajstić information content (AvgIpc) is 3.51. The van der Waals surface area contributed by atoms with E-state index in [0.717, 1.165) is 5.06 Å². The zero-order chi connectivity index (χ0) is 25.8. The van der Waals surface area contributed by atoms with E-state index in [1.54, 1.807) is 30.3 Å². The predicted octanol–water partition coefficient (Wildman–Crippen LogP) is 2.92. The molecule has 0 aromatic heterocycles. The highest BCUT2D eigenvalue weighted by atomic mass is 16.8. The van der Waals surface area contributed by atoms with Crippen LogP contribution >= 0.6 is 0 Å². The van der Waals surface area contributed by atoms with Crippen LogP contribution in [0, 0.1) is 0 Å². The number of benzene rings is 3. The van der Waals surface area contributed by atoms with E-state index in [9.17, 15) is 19.2 Å². The standard InChI is InChI=1S/C28H24N2O7/c31-23-16-17-28(37-23,30-26(33)22(18-35-30)29-25(32)21-14-8-3-9-15-21)27(34)36-24(19-10-4-1-5-11-19)20-12-6-2-7-13-20/h1-15,22,24H,16-18H2,(H,29,32)/t22-,28?/m0/s1. The Morgan fingerprint density at radius 1 is 0.892 bits per heavy atom. The summed E-state index contributed by atoms with van der Waals surface area (Å²) in [7, 11) is 0. The number of esters is 2. The molecule has 2 saturated heterocycles. The Hall–Kier alpha value is -4.50. The van der Waals surface area contributed by atoms with Gasteiger partial charge in [-0.3, -0.25) is 19.2 Å². The highest BCUT2D eigenvalue weighted by Gasteiger charge is 2.60. The van der Waals surface area contributed by atoms with Gasteiger partial charge in [0.05, 0.1) is 6.42 Å². The molecule has 0 radical (unpaired) electrons. The zero-order valence-electron chi connectivity index (χ0n) is 19.7. The van der Waals surface area contributed by atoms with Crippen LogP contribution in [0.4, 0.5) is 0 Å². The molecule has 0 spiro atoms. The van der Waals surface area contributed by atoms with Gasteiger partial charge in [0.1, 0.15) is 12.6 Å². The number of amides is 2. The Bertz CT molecular complexity index is 1260. The Morgan fingerprint density at radius 3 is 2.00 bits per heavy atom. The smallest absolute Gasteiger partial charge is 0.376 e. The summed E-state index contributed by atoms with van der Waals surface area (Å²) in [6.45, 7) is -0.231. The lowest BCUT2D eigenvalue weighted by Gasteiger charge is -2.34. The van der Waals surface area contributed by atoms with Gasteiger partial charge in [0.2, 0.25) is 0 Å². The highest BCUT2D eigenvalue weighted by Crippen LogP contribution is 2.37. The van der Waals surface area contributed by atoms with Crippen molar-refractivity contribution < 1.29 is 33.5 Å². The molecular formula is C28H24N2O7. The minimum absolute atomic E-state index is 0.107. The molecule has 2 atom stereocenters. The van der Waals surface area contributed by atoms with Crippen molar-refractivity contribution in [3.05, 3.63) is 108 Å². The summed E-state index contributed by atoms with van der Waals surface area (Å²) in [5.74, 6) is -2.80. The van der Waals surface area contributed by atoms with Gasteiger partial charge < -0.3 is 14.8 Å². The van der Waals surface area contributed by atoms with E-state index in [0.29, 0.717) is 16.7 Å². The Kier molecular flexibility index (Phi) is 6.70. The molecule has 2 aliphatic heterocycles. The lowest BCUT2D eigenvalue weighted by molar-refractivity contribution is -0.260. The molecule has 2 heterocycles. The minimum Gasteiger partial charge on any atom is -0.448 e. The van der Waals surface area contributed by atoms with E-state index in [1.807, 2.05) is 60.7 Å². The van der Waals surface area contributed by atoms with Gasteiger partial charge in [-0.1, -0.05) is 78.9 Å². The lowest BCUT2D eigenvalue weighted by Crippen LogP contribution is -2.57. The number of carbonyl (C=O) groups is 4. The Morgan fingerprint density at radius 2 is 1.46 bits per heavy atom. The van der Waals surface area contributed by atoms with Gasteiger partial charge in [0.25, 0.3) is 11.8 Å². The molecule has 2 fully saturated rings. The van der Waals surface area contributed by atoms with Crippen LogP contribution < -0.4 is 5.32 Å². The number of hydrogen-bond acceptors (Lipinski definition) is 7. The second-order valence-corrected chi connectivity index (χ2v) is 8.69. The van der Waals surface area contributed by atoms with Gasteiger partial charge >= 0.3 is 17.7 Å². The van der Waals surface area contributed by atoms with Crippen molar-refractivity contribution in [3.63, 3.8) is 0 Å². The van der Waals surface area contributed by atoms with E-state index in [2.05, 4.69) is 5.32 Å². The van der Waals surface area contributed by atoms with Crippen LogP contribution in [-0.4, -0.2) is 47.2 Å². The molecule has 0 saturated carbocycles. The molecule has 188 valence electrons. The van der Waals surface area contributed by atoms with Gasteiger partial charge in [0, 0.05) is 12.0 Å². The summed E-state index contributed by atoms with van der Waals surface area (Å²) in [4.78, 5) is 57.3. The number of carbonyl (C=O) groups excluding carboxylic acids is 4. The summed E-state index contributed by atoms with van der Waals surface area (Å²) < 4.78 is 11.4. The van der Waals surface area contributed by atoms with Gasteiger partial charge in [-0.15, -0.1) is 0 Å². The molecule has 0 aliphatic carbocycles. The SMILES string of the molecule is O=C1CCC(C(=O)OC(c2ccccc2)c2ccccc2)(N2OC[C@H](NC(=O)c3ccccc3)C2=O)O1. The summed E-state index contributed by atoms with van der Waals surface area (Å²) in [5.41, 5.74) is -0.350. The molecule has 0 bridgehead atoms. The molecule has 37 heavy (non-hydrogen) atoms. The molecule has 9 heteroatoms. The largest absolute Gasteiger partial charge is 0.448 e. The van der Waals surface area contributed by atoms with Crippen molar-refractivity contribution in [3.8, 4) is 0 Å². The Balaban J connectivity index is 1.40. The topological polar surface area (TPSA) is 111 Å². The van der Waals surface area contributed by atoms with Crippen LogP contribution in [0.5, 0.6) is 0 Å². The van der Waals surface area contributed by atoms with Crippen LogP contribution in [0.25, 0.3) is 0 Å². The number of rotatable bonds is 7. The molecule has 2 aliphatic rings. The van der Waals surface area contributed by atoms with Crippen LogP contribution in [0.3, 0.4) is 0 Å². The van der Waals surface area contributed by atoms with Crippen LogP contribution in [0.2, 0.25) is 0 Å². The second kappa shape index (κ2) is 10.2. The van der Waals surface area contributed by atoms with Crippen molar-refractivity contribution in [1.29, 1.82) is 0 Å². The van der Waals surface area contributed by atoms with Crippen molar-refractivity contribution in [1.82, 2.24) is 10.4 Å². The highest BCUT2D eigenvalue weighted by molar-refractivity contribution is 5.99. The fourth-order valence-electron chi connectivity index (χ4n) is 4.36. The lowest BCUT2D eigenvalue weighted by atomic mass is 10.0. The van der Waals surface area contributed by atoms with Crippen LogP contribution in [-0.2, 0) is 28.7 Å². The van der Waals surface area contributed by atoms with Crippen molar-refractivity contribution in [2.24, 2.45) is 0 Å². The molecule has 3 aromatic rings. The monoisotopic (exact) mass is 500 g/mol. The van der Waals surface area contributed by atoms with Gasteiger partial charge in [0.15, 0.2) is 6.10 Å². The molecule has 9 nitrogen and oxygen atoms in total. The van der Waals surface area contributed by atoms with Gasteiger partial charge in [-0.2, -0.15) is 5.06 Å². The van der Waals surface area contributed by atoms with E-state index in [-0.39, 0.29) is 19.4 Å². The number of hydroxylamine groups is 2. The molecule has 2 amide bonds. The van der Waals surface area contributed by atoms with E-state index < -0.39 is 41.6 Å². The average molecular weight is 501 g/mol. The molecule has 3 aromatic carbocycles. The predicted molar refractivity (Wildman–Crippen MR) is 129 cm³/mol. The fraction of sp³-hybridized carbons (Fsp3) is 0.214. The van der Waals surface area contributed by atoms with Crippen molar-refractivity contribution in [2.45, 2.75) is 30.7 Å². The number of nitrogens with zero attached hydrogens (tertiary/aromatic N) is 1. The van der Waals surface area contributed by atoms with Crippen LogP contribution in [0.1, 0.15) is 40.4 Å². The molecule has 1 unspecified atom stereocenters. The van der Waals surface area contributed by atoms with Gasteiger partial charge in [-0.05, 0) is 23.3 Å². The van der Waals surface area contributed by atoms with Crippen molar-refractivity contribution >= 4 is 23.8 Å². The maximum Gasteiger partial charge on any atom is 0.376 e. The summed E-state index contributed by atoms with van der Waals surface area (Å²) >= 11 is 0. The van der Waals surface area contributed by atoms with E-state index in [1.165, 1.54) is 0 Å². The third kappa shape index (κ3) is 4.81. The van der Waals surface area contributed by atoms with E-state index >= 15 is 0 Å². The quantitative estimate of drug-likeness (QED) is 0.497. The molecule has 1 N–H and O–H groups in total. The number of nitrogens with one attached hydrogen (secondary N) is 1. The van der Waals surface area contributed by atoms with Crippen molar-refractivity contribution in [2.75, 3.05) is 6.61 Å². The normalized spacial score (nSPS) is 21.1. The number of hydrogen-bond donors (Lipinski definition) is 1. The molecular weight excluding hydrogens is 476 g/mol. The first-order chi connectivity index (χ1) is 18.0. The van der Waals surface area contributed by atoms with Crippen LogP contribution in [0.15, 0.2) is 91.0 Å². The summed E-state index contributed by atoms with van der Waals surface area (Å²) in [6, 6.07) is 25.5. The first-order valence-electron chi connectivity index (χ1n) is 11.8. The third-order valence-electron chi connectivity index (χ3n) is 6.24. The maximum atomic E-state index is 13.7. The third-order valence-corrected chi connectivity index (χ3v) is 6.24. The summed E-state index contributed by atoms with van der Waals surface area (Å²) in [5, 5.41) is 3.35. The fourth-order valence-corrected chi connectivity index (χ4v) is 4.36. The Labute approximate surface area is 212 Å². The minimum atomic E-state index is -2.11. The van der Waals surface area contributed by atoms with Gasteiger partial charge in [-0.25, -0.2) is 4.79 Å². The van der Waals surface area contributed by atoms with E-state index in [4.69, 9.17) is 14.3 Å². The number of cyclic esters (lactones) is 1. The number of ether oxygens (including phenoxy) is 2. The zero-order valence-corrected chi connectivity index (χ0v) is 19.7. The molecule has 5 rings (SSSR count). The maximum absolute atomic E-state index is 13.7. The summed E-state index contributed by atoms with van der Waals surface area (Å²) in [6.07, 6.45) is -1.08. The first-order valence-corrected chi connectivity index (χ1v) is 11.8.